The number of fused-ring (bicyclic) bond motifs is 1. The van der Waals surface area contributed by atoms with E-state index in [4.69, 9.17) is 5.11 Å². The van der Waals surface area contributed by atoms with Gasteiger partial charge in [-0.3, -0.25) is 4.79 Å². The number of carbonyl (C=O) groups is 1. The van der Waals surface area contributed by atoms with Gasteiger partial charge in [0, 0.05) is 31.1 Å². The number of nitrogens with one attached hydrogen (secondary N) is 1. The van der Waals surface area contributed by atoms with Gasteiger partial charge < -0.3 is 10.4 Å². The second-order valence-electron chi connectivity index (χ2n) is 5.42. The Hall–Kier alpha value is -1.09. The fourth-order valence-electron chi connectivity index (χ4n) is 2.76. The van der Waals surface area contributed by atoms with E-state index in [2.05, 4.69) is 5.32 Å². The zero-order valence-corrected chi connectivity index (χ0v) is 13.6. The third-order valence-corrected chi connectivity index (χ3v) is 6.88. The summed E-state index contributed by atoms with van der Waals surface area (Å²) in [5, 5.41) is 12.0. The molecule has 1 aromatic rings. The highest BCUT2D eigenvalue weighted by Crippen LogP contribution is 2.25. The van der Waals surface area contributed by atoms with Gasteiger partial charge in [0.15, 0.2) is 0 Å². The van der Waals surface area contributed by atoms with Gasteiger partial charge in [-0.1, -0.05) is 6.07 Å². The first kappa shape index (κ1) is 15.8. The van der Waals surface area contributed by atoms with Crippen LogP contribution in [0.5, 0.6) is 0 Å². The van der Waals surface area contributed by atoms with Crippen molar-refractivity contribution in [3.8, 4) is 0 Å². The molecular formula is C14H18N2O4S2. The van der Waals surface area contributed by atoms with Gasteiger partial charge in [0.2, 0.25) is 10.0 Å². The second kappa shape index (κ2) is 6.19. The minimum absolute atomic E-state index is 0.300. The van der Waals surface area contributed by atoms with Gasteiger partial charge in [0.1, 0.15) is 6.04 Å². The summed E-state index contributed by atoms with van der Waals surface area (Å²) in [5.41, 5.74) is 1.77. The van der Waals surface area contributed by atoms with Gasteiger partial charge in [-0.2, -0.15) is 16.1 Å². The lowest BCUT2D eigenvalue weighted by atomic mass is 9.96. The van der Waals surface area contributed by atoms with E-state index in [1.54, 1.807) is 30.0 Å². The summed E-state index contributed by atoms with van der Waals surface area (Å²) in [6.07, 6.45) is 0.380. The molecule has 0 saturated carbocycles. The van der Waals surface area contributed by atoms with Crippen LogP contribution in [0.2, 0.25) is 0 Å². The number of aliphatic carboxylic acids is 1. The molecule has 22 heavy (non-hydrogen) atoms. The van der Waals surface area contributed by atoms with Gasteiger partial charge in [-0.05, 0) is 29.7 Å². The Bertz CT molecular complexity index is 684. The van der Waals surface area contributed by atoms with Crippen LogP contribution in [0.1, 0.15) is 11.1 Å². The van der Waals surface area contributed by atoms with E-state index < -0.39 is 22.0 Å². The molecule has 1 unspecified atom stereocenters. The van der Waals surface area contributed by atoms with Crippen molar-refractivity contribution in [1.82, 2.24) is 9.62 Å². The van der Waals surface area contributed by atoms with E-state index >= 15 is 0 Å². The first-order chi connectivity index (χ1) is 10.5. The third kappa shape index (κ3) is 3.01. The SMILES string of the molecule is O=C(O)C1Cc2ccc(S(=O)(=O)N3CCSCC3)cc2CN1. The summed E-state index contributed by atoms with van der Waals surface area (Å²) in [6, 6.07) is 4.42. The molecule has 1 saturated heterocycles. The first-order valence-corrected chi connectivity index (χ1v) is 9.74. The summed E-state index contributed by atoms with van der Waals surface area (Å²) < 4.78 is 26.8. The van der Waals surface area contributed by atoms with Gasteiger partial charge in [-0.25, -0.2) is 8.42 Å². The lowest BCUT2D eigenvalue weighted by molar-refractivity contribution is -0.139. The van der Waals surface area contributed by atoms with Crippen LogP contribution in [0, 0.1) is 0 Å². The molecule has 2 heterocycles. The van der Waals surface area contributed by atoms with E-state index in [-0.39, 0.29) is 0 Å². The van der Waals surface area contributed by atoms with E-state index in [9.17, 15) is 13.2 Å². The molecule has 0 aromatic heterocycles. The van der Waals surface area contributed by atoms with Crippen molar-refractivity contribution in [3.05, 3.63) is 29.3 Å². The summed E-state index contributed by atoms with van der Waals surface area (Å²) in [4.78, 5) is 11.3. The molecule has 0 amide bonds. The molecule has 2 aliphatic heterocycles. The lowest BCUT2D eigenvalue weighted by Crippen LogP contribution is -2.42. The Balaban J connectivity index is 1.86. The molecule has 1 aromatic carbocycles. The standard InChI is InChI=1S/C14H18N2O4S2/c17-14(18)13-8-10-1-2-12(7-11(10)9-15-13)22(19,20)16-3-5-21-6-4-16/h1-2,7,13,15H,3-6,8-9H2,(H,17,18). The monoisotopic (exact) mass is 342 g/mol. The second-order valence-corrected chi connectivity index (χ2v) is 8.59. The number of rotatable bonds is 3. The number of thioether (sulfide) groups is 1. The largest absolute Gasteiger partial charge is 0.480 e. The fraction of sp³-hybridized carbons (Fsp3) is 0.500. The number of benzene rings is 1. The highest BCUT2D eigenvalue weighted by molar-refractivity contribution is 7.99. The summed E-state index contributed by atoms with van der Waals surface area (Å²) in [5.74, 6) is 0.770. The molecule has 0 aliphatic carbocycles. The summed E-state index contributed by atoms with van der Waals surface area (Å²) >= 11 is 1.76. The van der Waals surface area contributed by atoms with Crippen molar-refractivity contribution < 1.29 is 18.3 Å². The number of nitrogens with zero attached hydrogens (tertiary/aromatic N) is 1. The Morgan fingerprint density at radius 1 is 1.27 bits per heavy atom. The van der Waals surface area contributed by atoms with Gasteiger partial charge in [-0.15, -0.1) is 0 Å². The van der Waals surface area contributed by atoms with Crippen molar-refractivity contribution in [2.24, 2.45) is 0 Å². The highest BCUT2D eigenvalue weighted by Gasteiger charge is 2.29. The molecule has 1 fully saturated rings. The highest BCUT2D eigenvalue weighted by atomic mass is 32.2. The Labute approximate surface area is 133 Å². The molecule has 1 atom stereocenters. The smallest absolute Gasteiger partial charge is 0.321 e. The van der Waals surface area contributed by atoms with E-state index in [1.807, 2.05) is 0 Å². The number of carboxylic acid groups (broad SMARTS) is 1. The number of hydrogen-bond acceptors (Lipinski definition) is 5. The van der Waals surface area contributed by atoms with Crippen LogP contribution >= 0.6 is 11.8 Å². The molecule has 2 aliphatic rings. The van der Waals surface area contributed by atoms with E-state index in [1.165, 1.54) is 4.31 Å². The molecule has 120 valence electrons. The van der Waals surface area contributed by atoms with Crippen molar-refractivity contribution in [2.45, 2.75) is 23.9 Å². The molecule has 0 spiro atoms. The zero-order chi connectivity index (χ0) is 15.7. The number of hydrogen-bond donors (Lipinski definition) is 2. The minimum atomic E-state index is -3.45. The Kier molecular flexibility index (Phi) is 4.44. The molecule has 3 rings (SSSR count). The molecule has 0 radical (unpaired) electrons. The predicted molar refractivity (Wildman–Crippen MR) is 84.5 cm³/mol. The predicted octanol–water partition coefficient (Wildman–Crippen LogP) is 0.523. The van der Waals surface area contributed by atoms with Crippen LogP contribution in [-0.4, -0.2) is 54.4 Å². The van der Waals surface area contributed by atoms with Crippen LogP contribution in [0.4, 0.5) is 0 Å². The van der Waals surface area contributed by atoms with E-state index in [0.29, 0.717) is 31.0 Å². The average Bonchev–Trinajstić information content (AvgIpc) is 2.54. The summed E-state index contributed by atoms with van der Waals surface area (Å²) in [7, 11) is -3.45. The van der Waals surface area contributed by atoms with Crippen LogP contribution in [0.25, 0.3) is 0 Å². The van der Waals surface area contributed by atoms with Gasteiger partial charge in [0.25, 0.3) is 0 Å². The summed E-state index contributed by atoms with van der Waals surface area (Å²) in [6.45, 7) is 1.47. The van der Waals surface area contributed by atoms with Crippen LogP contribution in [0.15, 0.2) is 23.1 Å². The fourth-order valence-corrected chi connectivity index (χ4v) is 5.39. The van der Waals surface area contributed by atoms with Crippen LogP contribution < -0.4 is 5.32 Å². The quantitative estimate of drug-likeness (QED) is 0.833. The normalized spacial score (nSPS) is 23.0. The Morgan fingerprint density at radius 3 is 2.68 bits per heavy atom. The third-order valence-electron chi connectivity index (χ3n) is 4.05. The zero-order valence-electron chi connectivity index (χ0n) is 12.0. The van der Waals surface area contributed by atoms with Crippen molar-refractivity contribution in [1.29, 1.82) is 0 Å². The molecule has 8 heteroatoms. The van der Waals surface area contributed by atoms with E-state index in [0.717, 1.165) is 22.6 Å². The van der Waals surface area contributed by atoms with Crippen molar-refractivity contribution in [2.75, 3.05) is 24.6 Å². The van der Waals surface area contributed by atoms with Crippen LogP contribution in [0.3, 0.4) is 0 Å². The van der Waals surface area contributed by atoms with Crippen LogP contribution in [-0.2, 0) is 27.8 Å². The first-order valence-electron chi connectivity index (χ1n) is 7.14. The van der Waals surface area contributed by atoms with Crippen molar-refractivity contribution >= 4 is 27.8 Å². The molecule has 6 nitrogen and oxygen atoms in total. The lowest BCUT2D eigenvalue weighted by Gasteiger charge is -2.27. The average molecular weight is 342 g/mol. The molecular weight excluding hydrogens is 324 g/mol. The van der Waals surface area contributed by atoms with Gasteiger partial charge >= 0.3 is 5.97 Å². The maximum Gasteiger partial charge on any atom is 0.321 e. The van der Waals surface area contributed by atoms with Crippen molar-refractivity contribution in [3.63, 3.8) is 0 Å². The number of sulfonamides is 1. The Morgan fingerprint density at radius 2 is 2.00 bits per heavy atom. The number of carboxylic acids is 1. The van der Waals surface area contributed by atoms with Gasteiger partial charge in [0.05, 0.1) is 4.90 Å². The molecule has 0 bridgehead atoms. The maximum absolute atomic E-state index is 12.6. The maximum atomic E-state index is 12.6. The minimum Gasteiger partial charge on any atom is -0.480 e. The topological polar surface area (TPSA) is 86.7 Å². The molecule has 2 N–H and O–H groups in total.